The van der Waals surface area contributed by atoms with E-state index in [-0.39, 0.29) is 17.1 Å². The number of thioether (sulfide) groups is 2. The third kappa shape index (κ3) is 3.95. The lowest BCUT2D eigenvalue weighted by Crippen LogP contribution is -2.70. The van der Waals surface area contributed by atoms with Crippen LogP contribution in [-0.2, 0) is 19.2 Å². The van der Waals surface area contributed by atoms with E-state index in [4.69, 9.17) is 28.3 Å². The summed E-state index contributed by atoms with van der Waals surface area (Å²) >= 11 is 14.2. The van der Waals surface area contributed by atoms with Crippen molar-refractivity contribution in [1.82, 2.24) is 10.2 Å². The summed E-state index contributed by atoms with van der Waals surface area (Å²) in [5.41, 5.74) is -0.898. The highest BCUT2D eigenvalue weighted by Gasteiger charge is 2.54. The number of aliphatic carboxylic acids is 2. The Hall–Kier alpha value is -1.88. The van der Waals surface area contributed by atoms with Crippen molar-refractivity contribution in [2.45, 2.75) is 16.3 Å². The van der Waals surface area contributed by atoms with Crippen LogP contribution in [0.4, 0.5) is 0 Å². The largest absolute Gasteiger partial charge is 0.478 e. The van der Waals surface area contributed by atoms with Crippen LogP contribution in [0.15, 0.2) is 34.4 Å². The number of nitrogens with zero attached hydrogens (tertiary/aromatic N) is 1. The van der Waals surface area contributed by atoms with E-state index in [0.717, 1.165) is 28.4 Å². The fourth-order valence-corrected chi connectivity index (χ4v) is 5.37. The molecule has 148 valence electrons. The van der Waals surface area contributed by atoms with Crippen molar-refractivity contribution in [3.8, 4) is 0 Å². The van der Waals surface area contributed by atoms with Crippen LogP contribution in [0.1, 0.15) is 0 Å². The van der Waals surface area contributed by atoms with E-state index < -0.39 is 40.9 Å². The molecule has 1 fully saturated rings. The zero-order valence-electron chi connectivity index (χ0n) is 13.8. The Labute approximate surface area is 177 Å². The van der Waals surface area contributed by atoms with Crippen molar-refractivity contribution in [2.75, 3.05) is 11.5 Å². The number of halogens is 2. The molecule has 0 bridgehead atoms. The van der Waals surface area contributed by atoms with Crippen molar-refractivity contribution >= 4 is 70.5 Å². The van der Waals surface area contributed by atoms with Crippen molar-refractivity contribution < 1.29 is 29.4 Å². The lowest BCUT2D eigenvalue weighted by Gasteiger charge is -2.48. The molecule has 1 aromatic rings. The second-order valence-electron chi connectivity index (χ2n) is 5.76. The smallest absolute Gasteiger partial charge is 0.353 e. The normalized spacial score (nSPS) is 21.1. The molecular weight excluding hydrogens is 451 g/mol. The molecule has 2 heterocycles. The van der Waals surface area contributed by atoms with Gasteiger partial charge in [0, 0.05) is 15.7 Å². The highest BCUT2D eigenvalue weighted by molar-refractivity contribution is 8.00. The quantitative estimate of drug-likeness (QED) is 0.432. The van der Waals surface area contributed by atoms with E-state index >= 15 is 0 Å². The number of carbonyl (C=O) groups excluding carboxylic acids is 2. The highest BCUT2D eigenvalue weighted by Crippen LogP contribution is 2.40. The standard InChI is InChI=1S/C16H12Cl2N2O6S2/c17-6-1-2-8(18)9(3-6)27-5-10(21)19-11-13(22)20-12(16(25)26)7(15(23)24)4-28-14(11)20/h1-3,11,14H,4-5H2,(H,19,21)(H,23,24)(H,25,26)/t11?,14-/m1/s1. The molecule has 0 spiro atoms. The Bertz CT molecular complexity index is 922. The number of carboxylic acid groups (broad SMARTS) is 2. The molecule has 8 nitrogen and oxygen atoms in total. The summed E-state index contributed by atoms with van der Waals surface area (Å²) in [7, 11) is 0. The van der Waals surface area contributed by atoms with E-state index in [9.17, 15) is 24.3 Å². The van der Waals surface area contributed by atoms with Crippen molar-refractivity contribution in [2.24, 2.45) is 0 Å². The van der Waals surface area contributed by atoms with Crippen LogP contribution in [0.5, 0.6) is 0 Å². The van der Waals surface area contributed by atoms with Crippen LogP contribution in [0.25, 0.3) is 0 Å². The molecule has 2 aliphatic heterocycles. The maximum Gasteiger partial charge on any atom is 0.353 e. The monoisotopic (exact) mass is 462 g/mol. The molecule has 1 unspecified atom stereocenters. The van der Waals surface area contributed by atoms with Crippen LogP contribution < -0.4 is 5.32 Å². The molecule has 0 aliphatic carbocycles. The van der Waals surface area contributed by atoms with Crippen molar-refractivity contribution in [3.05, 3.63) is 39.5 Å². The molecule has 2 atom stereocenters. The first-order valence-corrected chi connectivity index (χ1v) is 10.5. The zero-order chi connectivity index (χ0) is 20.6. The Morgan fingerprint density at radius 1 is 1.25 bits per heavy atom. The Balaban J connectivity index is 1.65. The first-order valence-electron chi connectivity index (χ1n) is 7.72. The summed E-state index contributed by atoms with van der Waals surface area (Å²) < 4.78 is 0. The van der Waals surface area contributed by atoms with Gasteiger partial charge in [0.15, 0.2) is 0 Å². The molecule has 2 aliphatic rings. The average Bonchev–Trinajstić information content (AvgIpc) is 2.65. The number of hydrogen-bond acceptors (Lipinski definition) is 6. The summed E-state index contributed by atoms with van der Waals surface area (Å²) in [6.45, 7) is 0. The summed E-state index contributed by atoms with van der Waals surface area (Å²) in [4.78, 5) is 48.7. The fourth-order valence-electron chi connectivity index (χ4n) is 2.73. The Morgan fingerprint density at radius 2 is 1.96 bits per heavy atom. The maximum absolute atomic E-state index is 12.3. The highest BCUT2D eigenvalue weighted by atomic mass is 35.5. The van der Waals surface area contributed by atoms with E-state index in [1.807, 2.05) is 0 Å². The number of β-lactam (4-membered cyclic amide) rings is 1. The third-order valence-electron chi connectivity index (χ3n) is 4.00. The minimum Gasteiger partial charge on any atom is -0.478 e. The maximum atomic E-state index is 12.3. The minimum atomic E-state index is -1.49. The number of carbonyl (C=O) groups is 4. The molecule has 1 saturated heterocycles. The molecular formula is C16H12Cl2N2O6S2. The van der Waals surface area contributed by atoms with Gasteiger partial charge in [0.25, 0.3) is 5.91 Å². The summed E-state index contributed by atoms with van der Waals surface area (Å²) in [6.07, 6.45) is 0. The van der Waals surface area contributed by atoms with E-state index in [0.29, 0.717) is 14.9 Å². The zero-order valence-corrected chi connectivity index (χ0v) is 17.0. The predicted octanol–water partition coefficient (Wildman–Crippen LogP) is 1.91. The fraction of sp³-hybridized carbons (Fsp3) is 0.250. The number of rotatable bonds is 6. The second-order valence-corrected chi connectivity index (χ2v) is 8.72. The molecule has 3 N–H and O–H groups in total. The number of carboxylic acids is 2. The SMILES string of the molecule is O=C(CSc1cc(Cl)ccc1Cl)NC1C(=O)N2C(C(=O)O)=C(C(=O)O)CS[C@H]12. The molecule has 3 rings (SSSR count). The number of benzene rings is 1. The van der Waals surface area contributed by atoms with Crippen LogP contribution in [0.3, 0.4) is 0 Å². The summed E-state index contributed by atoms with van der Waals surface area (Å²) in [5, 5.41) is 21.2. The lowest BCUT2D eigenvalue weighted by atomic mass is 10.0. The van der Waals surface area contributed by atoms with E-state index in [2.05, 4.69) is 5.32 Å². The number of nitrogens with one attached hydrogen (secondary N) is 1. The van der Waals surface area contributed by atoms with Crippen LogP contribution in [-0.4, -0.2) is 61.8 Å². The van der Waals surface area contributed by atoms with Gasteiger partial charge in [-0.2, -0.15) is 0 Å². The van der Waals surface area contributed by atoms with Gasteiger partial charge in [-0.05, 0) is 18.2 Å². The van der Waals surface area contributed by atoms with Crippen LogP contribution >= 0.6 is 46.7 Å². The first-order chi connectivity index (χ1) is 13.2. The number of fused-ring (bicyclic) bond motifs is 1. The van der Waals surface area contributed by atoms with Crippen molar-refractivity contribution in [1.29, 1.82) is 0 Å². The topological polar surface area (TPSA) is 124 Å². The average molecular weight is 463 g/mol. The van der Waals surface area contributed by atoms with Gasteiger partial charge in [-0.15, -0.1) is 23.5 Å². The number of hydrogen-bond donors (Lipinski definition) is 3. The van der Waals surface area contributed by atoms with E-state index in [1.165, 1.54) is 0 Å². The van der Waals surface area contributed by atoms with Gasteiger partial charge in [-0.25, -0.2) is 9.59 Å². The van der Waals surface area contributed by atoms with Gasteiger partial charge in [0.05, 0.1) is 16.3 Å². The molecule has 0 radical (unpaired) electrons. The van der Waals surface area contributed by atoms with Crippen molar-refractivity contribution in [3.63, 3.8) is 0 Å². The van der Waals surface area contributed by atoms with Gasteiger partial charge < -0.3 is 15.5 Å². The van der Waals surface area contributed by atoms with E-state index in [1.54, 1.807) is 18.2 Å². The summed E-state index contributed by atoms with van der Waals surface area (Å²) in [5.74, 6) is -4.09. The van der Waals surface area contributed by atoms with Gasteiger partial charge >= 0.3 is 11.9 Å². The van der Waals surface area contributed by atoms with Gasteiger partial charge in [-0.1, -0.05) is 23.2 Å². The summed E-state index contributed by atoms with van der Waals surface area (Å²) in [6, 6.07) is 3.93. The first kappa shape index (κ1) is 20.8. The molecule has 2 amide bonds. The third-order valence-corrected chi connectivity index (χ3v) is 7.01. The number of amides is 2. The predicted molar refractivity (Wildman–Crippen MR) is 105 cm³/mol. The molecule has 0 aromatic heterocycles. The lowest BCUT2D eigenvalue weighted by molar-refractivity contribution is -0.151. The molecule has 12 heteroatoms. The molecule has 28 heavy (non-hydrogen) atoms. The molecule has 1 aromatic carbocycles. The minimum absolute atomic E-state index is 0.0246. The Morgan fingerprint density at radius 3 is 2.61 bits per heavy atom. The van der Waals surface area contributed by atoms with Gasteiger partial charge in [0.2, 0.25) is 5.91 Å². The molecule has 0 saturated carbocycles. The Kier molecular flexibility index (Phi) is 6.13. The van der Waals surface area contributed by atoms with Crippen LogP contribution in [0, 0.1) is 0 Å². The van der Waals surface area contributed by atoms with Crippen LogP contribution in [0.2, 0.25) is 10.0 Å². The van der Waals surface area contributed by atoms with Gasteiger partial charge in [0.1, 0.15) is 17.1 Å². The second kappa shape index (κ2) is 8.24. The van der Waals surface area contributed by atoms with Gasteiger partial charge in [-0.3, -0.25) is 14.5 Å².